The van der Waals surface area contributed by atoms with Crippen LogP contribution in [0.4, 0.5) is 0 Å². The van der Waals surface area contributed by atoms with Gasteiger partial charge in [0.05, 0.1) is 6.54 Å². The van der Waals surface area contributed by atoms with E-state index in [2.05, 4.69) is 19.1 Å². The third kappa shape index (κ3) is 14.1. The van der Waals surface area contributed by atoms with Gasteiger partial charge in [0.15, 0.2) is 18.1 Å². The summed E-state index contributed by atoms with van der Waals surface area (Å²) in [5, 5.41) is 30.0. The first-order valence-corrected chi connectivity index (χ1v) is 16.4. The van der Waals surface area contributed by atoms with Crippen LogP contribution in [0.15, 0.2) is 12.2 Å². The van der Waals surface area contributed by atoms with Crippen molar-refractivity contribution in [2.75, 3.05) is 6.54 Å². The zero-order chi connectivity index (χ0) is 30.2. The predicted molar refractivity (Wildman–Crippen MR) is 164 cm³/mol. The minimum Gasteiger partial charge on any atom is -0.477 e. The number of aliphatic carboxylic acids is 3. The maximum atomic E-state index is 12.3. The summed E-state index contributed by atoms with van der Waals surface area (Å²) in [6.45, 7) is 7.61. The number of allylic oxidation sites excluding steroid dienone is 2. The topological polar surface area (TPSA) is 112 Å². The molecular formula is C33H62NO6+. The van der Waals surface area contributed by atoms with Crippen molar-refractivity contribution in [1.29, 1.82) is 0 Å². The van der Waals surface area contributed by atoms with Gasteiger partial charge < -0.3 is 15.3 Å². The van der Waals surface area contributed by atoms with Gasteiger partial charge in [0.1, 0.15) is 0 Å². The van der Waals surface area contributed by atoms with E-state index in [9.17, 15) is 29.7 Å². The molecule has 3 unspecified atom stereocenters. The number of hydrogen-bond donors (Lipinski definition) is 3. The van der Waals surface area contributed by atoms with E-state index in [1.807, 2.05) is 0 Å². The van der Waals surface area contributed by atoms with E-state index >= 15 is 0 Å². The quantitative estimate of drug-likeness (QED) is 0.0495. The molecule has 0 fully saturated rings. The summed E-state index contributed by atoms with van der Waals surface area (Å²) in [7, 11) is 0. The highest BCUT2D eigenvalue weighted by molar-refractivity contribution is 5.78. The number of carboxylic acids is 3. The van der Waals surface area contributed by atoms with Crippen LogP contribution in [0.5, 0.6) is 0 Å². The van der Waals surface area contributed by atoms with E-state index < -0.39 is 40.5 Å². The van der Waals surface area contributed by atoms with Crippen LogP contribution in [0.25, 0.3) is 0 Å². The molecule has 0 heterocycles. The first-order valence-electron chi connectivity index (χ1n) is 16.4. The Morgan fingerprint density at radius 2 is 0.800 bits per heavy atom. The Balaban J connectivity index is 4.47. The largest absolute Gasteiger partial charge is 0.477 e. The number of quaternary nitrogens is 1. The van der Waals surface area contributed by atoms with Crippen molar-refractivity contribution in [3.63, 3.8) is 0 Å². The Morgan fingerprint density at radius 3 is 1.10 bits per heavy atom. The SMILES string of the molecule is CCC/C=C/CCCCCCCCCCCCCCCC[N+](C(CC)C(=O)O)(C(CC)C(=O)O)C(CC)C(=O)O. The highest BCUT2D eigenvalue weighted by Crippen LogP contribution is 2.32. The fourth-order valence-corrected chi connectivity index (χ4v) is 6.45. The molecule has 40 heavy (non-hydrogen) atoms. The van der Waals surface area contributed by atoms with Gasteiger partial charge in [-0.05, 0) is 32.1 Å². The van der Waals surface area contributed by atoms with Gasteiger partial charge in [-0.1, -0.05) is 117 Å². The summed E-state index contributed by atoms with van der Waals surface area (Å²) in [6, 6.07) is -3.18. The van der Waals surface area contributed by atoms with Crippen LogP contribution < -0.4 is 0 Å². The number of rotatable bonds is 28. The lowest BCUT2D eigenvalue weighted by Crippen LogP contribution is -2.72. The number of carbonyl (C=O) groups is 3. The van der Waals surface area contributed by atoms with Gasteiger partial charge in [-0.3, -0.25) is 4.48 Å². The summed E-state index contributed by atoms with van der Waals surface area (Å²) in [4.78, 5) is 36.8. The van der Waals surface area contributed by atoms with Crippen molar-refractivity contribution in [2.45, 2.75) is 174 Å². The van der Waals surface area contributed by atoms with Gasteiger partial charge in [-0.15, -0.1) is 0 Å². The van der Waals surface area contributed by atoms with Crippen molar-refractivity contribution in [3.8, 4) is 0 Å². The first-order chi connectivity index (χ1) is 19.2. The van der Waals surface area contributed by atoms with E-state index in [4.69, 9.17) is 0 Å². The summed E-state index contributed by atoms with van der Waals surface area (Å²) < 4.78 is -0.403. The maximum absolute atomic E-state index is 12.3. The lowest BCUT2D eigenvalue weighted by molar-refractivity contribution is -0.973. The molecule has 234 valence electrons. The fraction of sp³-hybridized carbons (Fsp3) is 0.848. The van der Waals surface area contributed by atoms with E-state index in [1.54, 1.807) is 20.8 Å². The minimum absolute atomic E-state index is 0.194. The highest BCUT2D eigenvalue weighted by Gasteiger charge is 2.55. The normalized spacial score (nSPS) is 15.5. The molecule has 0 aromatic rings. The number of hydrogen-bond acceptors (Lipinski definition) is 3. The molecule has 0 aliphatic rings. The van der Waals surface area contributed by atoms with E-state index in [0.29, 0.717) is 6.42 Å². The van der Waals surface area contributed by atoms with Gasteiger partial charge >= 0.3 is 17.9 Å². The van der Waals surface area contributed by atoms with Gasteiger partial charge in [-0.25, -0.2) is 14.4 Å². The zero-order valence-electron chi connectivity index (χ0n) is 26.2. The van der Waals surface area contributed by atoms with Crippen LogP contribution in [-0.2, 0) is 14.4 Å². The molecule has 0 spiro atoms. The Labute approximate surface area is 245 Å². The Hall–Kier alpha value is -1.89. The zero-order valence-corrected chi connectivity index (χ0v) is 26.2. The smallest absolute Gasteiger partial charge is 0.362 e. The van der Waals surface area contributed by atoms with Crippen molar-refractivity contribution in [2.24, 2.45) is 0 Å². The Kier molecular flexibility index (Phi) is 22.7. The molecule has 3 atom stereocenters. The van der Waals surface area contributed by atoms with Crippen molar-refractivity contribution in [3.05, 3.63) is 12.2 Å². The predicted octanol–water partition coefficient (Wildman–Crippen LogP) is 8.60. The number of nitrogens with zero attached hydrogens (tertiary/aromatic N) is 1. The summed E-state index contributed by atoms with van der Waals surface area (Å²) in [5.41, 5.74) is 0. The van der Waals surface area contributed by atoms with Crippen LogP contribution >= 0.6 is 0 Å². The number of carboxylic acid groups (broad SMARTS) is 3. The van der Waals surface area contributed by atoms with Crippen molar-refractivity contribution in [1.82, 2.24) is 0 Å². The molecule has 0 saturated heterocycles. The highest BCUT2D eigenvalue weighted by atomic mass is 16.4. The molecule has 0 radical (unpaired) electrons. The molecule has 0 bridgehead atoms. The lowest BCUT2D eigenvalue weighted by Gasteiger charge is -2.49. The van der Waals surface area contributed by atoms with Gasteiger partial charge in [0.25, 0.3) is 0 Å². The summed E-state index contributed by atoms with van der Waals surface area (Å²) in [6.07, 6.45) is 25.5. The number of unbranched alkanes of at least 4 members (excludes halogenated alkanes) is 15. The molecule has 0 amide bonds. The molecule has 0 aromatic heterocycles. The second kappa shape index (κ2) is 23.8. The summed E-state index contributed by atoms with van der Waals surface area (Å²) in [5.74, 6) is -3.34. The van der Waals surface area contributed by atoms with Gasteiger partial charge in [0, 0.05) is 19.3 Å². The van der Waals surface area contributed by atoms with Crippen LogP contribution in [-0.4, -0.2) is 62.4 Å². The second-order valence-corrected chi connectivity index (χ2v) is 11.5. The van der Waals surface area contributed by atoms with Crippen LogP contribution in [0.3, 0.4) is 0 Å². The van der Waals surface area contributed by atoms with Crippen LogP contribution in [0, 0.1) is 0 Å². The molecule has 0 aliphatic heterocycles. The summed E-state index contributed by atoms with van der Waals surface area (Å²) >= 11 is 0. The monoisotopic (exact) mass is 568 g/mol. The molecule has 3 N–H and O–H groups in total. The van der Waals surface area contributed by atoms with Crippen molar-refractivity contribution < 1.29 is 34.2 Å². The van der Waals surface area contributed by atoms with E-state index in [-0.39, 0.29) is 25.8 Å². The molecule has 0 aliphatic carbocycles. The lowest BCUT2D eigenvalue weighted by atomic mass is 9.93. The van der Waals surface area contributed by atoms with Crippen LogP contribution in [0.1, 0.15) is 156 Å². The van der Waals surface area contributed by atoms with E-state index in [0.717, 1.165) is 19.3 Å². The average molecular weight is 569 g/mol. The standard InChI is InChI=1S/C33H61NO6/c1-5-9-10-11-12-13-14-15-16-17-18-19-20-21-22-23-24-25-26-27-34(28(6-2)31(35)36,29(7-3)32(37)38)30(8-4)33(39)40/h10-11,28-30H,5-9,12-27H2,1-4H3,(H2-,35,36,37,38,39,40)/p+1/b11-10+. The Morgan fingerprint density at radius 1 is 0.500 bits per heavy atom. The van der Waals surface area contributed by atoms with Crippen LogP contribution in [0.2, 0.25) is 0 Å². The fourth-order valence-electron chi connectivity index (χ4n) is 6.45. The molecule has 0 aromatic carbocycles. The molecule has 7 nitrogen and oxygen atoms in total. The van der Waals surface area contributed by atoms with Gasteiger partial charge in [-0.2, -0.15) is 0 Å². The average Bonchev–Trinajstić information content (AvgIpc) is 2.90. The minimum atomic E-state index is -1.11. The van der Waals surface area contributed by atoms with E-state index in [1.165, 1.54) is 83.5 Å². The molecular weight excluding hydrogens is 506 g/mol. The molecule has 7 heteroatoms. The van der Waals surface area contributed by atoms with Crippen molar-refractivity contribution >= 4 is 17.9 Å². The maximum Gasteiger partial charge on any atom is 0.362 e. The first kappa shape index (κ1) is 38.1. The third-order valence-corrected chi connectivity index (χ3v) is 8.54. The molecule has 0 saturated carbocycles. The second-order valence-electron chi connectivity index (χ2n) is 11.5. The third-order valence-electron chi connectivity index (χ3n) is 8.54. The molecule has 0 rings (SSSR count). The Bertz CT molecular complexity index is 652. The van der Waals surface area contributed by atoms with Gasteiger partial charge in [0.2, 0.25) is 0 Å².